The van der Waals surface area contributed by atoms with Gasteiger partial charge in [-0.25, -0.2) is 4.79 Å². The zero-order valence-electron chi connectivity index (χ0n) is 11.6. The second-order valence-electron chi connectivity index (χ2n) is 5.06. The minimum atomic E-state index is -0.450. The lowest BCUT2D eigenvalue weighted by molar-refractivity contribution is 0.0992. The van der Waals surface area contributed by atoms with E-state index in [1.807, 2.05) is 37.3 Å². The molecule has 0 spiro atoms. The van der Waals surface area contributed by atoms with Crippen LogP contribution in [0.5, 0.6) is 0 Å². The number of Topliss-reactive ketones (excluding diaryl/α,β-unsaturated/α-hetero) is 1. The van der Waals surface area contributed by atoms with Gasteiger partial charge in [0.25, 0.3) is 0 Å². The smallest absolute Gasteiger partial charge is 0.339 e. The third-order valence-electron chi connectivity index (χ3n) is 3.44. The van der Waals surface area contributed by atoms with Crippen LogP contribution in [0.25, 0.3) is 11.0 Å². The molecule has 0 fully saturated rings. The molecule has 0 aliphatic rings. The predicted octanol–water partition coefficient (Wildman–Crippen LogP) is 3.53. The van der Waals surface area contributed by atoms with Crippen molar-refractivity contribution in [2.45, 2.75) is 13.3 Å². The molecule has 2 aromatic carbocycles. The van der Waals surface area contributed by atoms with Gasteiger partial charge >= 0.3 is 5.63 Å². The van der Waals surface area contributed by atoms with Crippen LogP contribution in [-0.4, -0.2) is 5.78 Å². The lowest BCUT2D eigenvalue weighted by Gasteiger charge is -2.03. The summed E-state index contributed by atoms with van der Waals surface area (Å²) in [6.07, 6.45) is 0.0518. The van der Waals surface area contributed by atoms with Gasteiger partial charge in [0, 0.05) is 22.9 Å². The van der Waals surface area contributed by atoms with Crippen molar-refractivity contribution in [3.05, 3.63) is 81.7 Å². The van der Waals surface area contributed by atoms with E-state index in [9.17, 15) is 9.59 Å². The predicted molar refractivity (Wildman–Crippen MR) is 81.7 cm³/mol. The van der Waals surface area contributed by atoms with Gasteiger partial charge in [-0.15, -0.1) is 0 Å². The Morgan fingerprint density at radius 3 is 2.52 bits per heavy atom. The van der Waals surface area contributed by atoms with Crippen LogP contribution < -0.4 is 5.63 Å². The van der Waals surface area contributed by atoms with E-state index in [1.54, 1.807) is 24.3 Å². The first kappa shape index (κ1) is 13.3. The number of aryl methyl sites for hydroxylation is 1. The molecule has 0 saturated heterocycles. The van der Waals surface area contributed by atoms with Crippen molar-refractivity contribution >= 4 is 16.8 Å². The maximum Gasteiger partial charge on any atom is 0.339 e. The van der Waals surface area contributed by atoms with Gasteiger partial charge in [0.1, 0.15) is 5.58 Å². The number of carbonyl (C=O) groups excluding carboxylic acids is 1. The number of ketones is 1. The number of carbonyl (C=O) groups is 1. The fourth-order valence-electron chi connectivity index (χ4n) is 2.24. The number of benzene rings is 2. The standard InChI is InChI=1S/C18H14O3/c1-12-6-8-13(9-7-12)16(19)11-15-10-14-4-2-3-5-17(14)21-18(15)20/h2-10H,11H2,1H3. The summed E-state index contributed by atoms with van der Waals surface area (Å²) in [4.78, 5) is 24.2. The summed E-state index contributed by atoms with van der Waals surface area (Å²) < 4.78 is 5.24. The highest BCUT2D eigenvalue weighted by Crippen LogP contribution is 2.14. The summed E-state index contributed by atoms with van der Waals surface area (Å²) in [5, 5.41) is 0.823. The largest absolute Gasteiger partial charge is 0.423 e. The molecule has 0 N–H and O–H groups in total. The average Bonchev–Trinajstić information content (AvgIpc) is 2.48. The van der Waals surface area contributed by atoms with Crippen molar-refractivity contribution in [3.63, 3.8) is 0 Å². The Hall–Kier alpha value is -2.68. The lowest BCUT2D eigenvalue weighted by atomic mass is 10.0. The molecule has 3 nitrogen and oxygen atoms in total. The third-order valence-corrected chi connectivity index (χ3v) is 3.44. The molecule has 0 saturated carbocycles. The molecular formula is C18H14O3. The fourth-order valence-corrected chi connectivity index (χ4v) is 2.24. The Kier molecular flexibility index (Phi) is 3.40. The van der Waals surface area contributed by atoms with Crippen LogP contribution in [0.2, 0.25) is 0 Å². The summed E-state index contributed by atoms with van der Waals surface area (Å²) in [6, 6.07) is 16.3. The van der Waals surface area contributed by atoms with Gasteiger partial charge in [-0.3, -0.25) is 4.79 Å². The first-order chi connectivity index (χ1) is 10.1. The normalized spacial score (nSPS) is 10.7. The molecule has 21 heavy (non-hydrogen) atoms. The zero-order valence-corrected chi connectivity index (χ0v) is 11.6. The number of fused-ring (bicyclic) bond motifs is 1. The van der Waals surface area contributed by atoms with Gasteiger partial charge in [-0.1, -0.05) is 48.0 Å². The molecule has 1 heterocycles. The van der Waals surface area contributed by atoms with Crippen molar-refractivity contribution in [3.8, 4) is 0 Å². The Bertz CT molecular complexity index is 858. The number of rotatable bonds is 3. The molecule has 0 amide bonds. The van der Waals surface area contributed by atoms with Gasteiger partial charge in [0.05, 0.1) is 0 Å². The second kappa shape index (κ2) is 5.37. The van der Waals surface area contributed by atoms with Crippen LogP contribution >= 0.6 is 0 Å². The monoisotopic (exact) mass is 278 g/mol. The first-order valence-corrected chi connectivity index (χ1v) is 6.75. The third kappa shape index (κ3) is 2.77. The second-order valence-corrected chi connectivity index (χ2v) is 5.06. The van der Waals surface area contributed by atoms with Crippen LogP contribution in [0.1, 0.15) is 21.5 Å². The van der Waals surface area contributed by atoms with E-state index in [1.165, 1.54) is 0 Å². The lowest BCUT2D eigenvalue weighted by Crippen LogP contribution is -2.13. The minimum absolute atomic E-state index is 0.0518. The molecule has 1 aromatic heterocycles. The van der Waals surface area contributed by atoms with E-state index in [-0.39, 0.29) is 12.2 Å². The van der Waals surface area contributed by atoms with Gasteiger partial charge in [0.2, 0.25) is 0 Å². The summed E-state index contributed by atoms with van der Waals surface area (Å²) in [5.41, 5.74) is 2.17. The van der Waals surface area contributed by atoms with Gasteiger partial charge in [-0.2, -0.15) is 0 Å². The highest BCUT2D eigenvalue weighted by molar-refractivity contribution is 5.97. The molecule has 0 aliphatic heterocycles. The molecule has 3 rings (SSSR count). The summed E-state index contributed by atoms with van der Waals surface area (Å²) in [5.74, 6) is -0.0856. The highest BCUT2D eigenvalue weighted by Gasteiger charge is 2.11. The van der Waals surface area contributed by atoms with E-state index in [0.717, 1.165) is 10.9 Å². The Balaban J connectivity index is 1.94. The topological polar surface area (TPSA) is 47.3 Å². The Morgan fingerprint density at radius 2 is 1.76 bits per heavy atom. The first-order valence-electron chi connectivity index (χ1n) is 6.75. The molecule has 0 bridgehead atoms. The van der Waals surface area contributed by atoms with E-state index in [0.29, 0.717) is 16.7 Å². The van der Waals surface area contributed by atoms with Gasteiger partial charge in [-0.05, 0) is 19.1 Å². The molecule has 104 valence electrons. The van der Waals surface area contributed by atoms with Crippen molar-refractivity contribution in [2.24, 2.45) is 0 Å². The molecule has 0 aliphatic carbocycles. The Labute approximate surface area is 121 Å². The quantitative estimate of drug-likeness (QED) is 0.544. The number of hydrogen-bond donors (Lipinski definition) is 0. The van der Waals surface area contributed by atoms with E-state index in [4.69, 9.17) is 4.42 Å². The van der Waals surface area contributed by atoms with Crippen molar-refractivity contribution in [1.82, 2.24) is 0 Å². The van der Waals surface area contributed by atoms with E-state index >= 15 is 0 Å². The molecule has 3 aromatic rings. The molecular weight excluding hydrogens is 264 g/mol. The average molecular weight is 278 g/mol. The minimum Gasteiger partial charge on any atom is -0.423 e. The number of para-hydroxylation sites is 1. The van der Waals surface area contributed by atoms with E-state index in [2.05, 4.69) is 0 Å². The fraction of sp³-hybridized carbons (Fsp3) is 0.111. The highest BCUT2D eigenvalue weighted by atomic mass is 16.4. The molecule has 3 heteroatoms. The van der Waals surface area contributed by atoms with E-state index < -0.39 is 5.63 Å². The Morgan fingerprint density at radius 1 is 1.05 bits per heavy atom. The number of hydrogen-bond acceptors (Lipinski definition) is 3. The van der Waals surface area contributed by atoms with Crippen molar-refractivity contribution in [2.75, 3.05) is 0 Å². The summed E-state index contributed by atoms with van der Waals surface area (Å²) in [7, 11) is 0. The maximum absolute atomic E-state index is 12.2. The molecule has 0 radical (unpaired) electrons. The van der Waals surface area contributed by atoms with Crippen LogP contribution in [0.3, 0.4) is 0 Å². The SMILES string of the molecule is Cc1ccc(C(=O)Cc2cc3ccccc3oc2=O)cc1. The van der Waals surface area contributed by atoms with Gasteiger partial charge < -0.3 is 4.42 Å². The molecule has 0 atom stereocenters. The van der Waals surface area contributed by atoms with Crippen LogP contribution in [0.15, 0.2) is 63.8 Å². The van der Waals surface area contributed by atoms with Gasteiger partial charge in [0.15, 0.2) is 5.78 Å². The zero-order chi connectivity index (χ0) is 14.8. The maximum atomic E-state index is 12.2. The van der Waals surface area contributed by atoms with Crippen molar-refractivity contribution < 1.29 is 9.21 Å². The van der Waals surface area contributed by atoms with Crippen LogP contribution in [0, 0.1) is 6.92 Å². The molecule has 0 unspecified atom stereocenters. The van der Waals surface area contributed by atoms with Crippen LogP contribution in [0.4, 0.5) is 0 Å². The van der Waals surface area contributed by atoms with Crippen molar-refractivity contribution in [1.29, 1.82) is 0 Å². The summed E-state index contributed by atoms with van der Waals surface area (Å²) in [6.45, 7) is 1.96. The summed E-state index contributed by atoms with van der Waals surface area (Å²) >= 11 is 0. The van der Waals surface area contributed by atoms with Crippen LogP contribution in [-0.2, 0) is 6.42 Å².